The molecule has 1 aliphatic heterocycles. The summed E-state index contributed by atoms with van der Waals surface area (Å²) in [4.78, 5) is 25.1. The van der Waals surface area contributed by atoms with E-state index in [-0.39, 0.29) is 17.9 Å². The molecule has 102 valence electrons. The molecule has 1 saturated heterocycles. The molecule has 2 N–H and O–H groups in total. The molecule has 0 spiro atoms. The van der Waals surface area contributed by atoms with Gasteiger partial charge >= 0.3 is 0 Å². The quantitative estimate of drug-likeness (QED) is 0.842. The van der Waals surface area contributed by atoms with Gasteiger partial charge in [0, 0.05) is 25.4 Å². The fourth-order valence-electron chi connectivity index (χ4n) is 2.35. The third kappa shape index (κ3) is 3.64. The first-order chi connectivity index (χ1) is 9.18. The molecule has 0 aliphatic carbocycles. The fourth-order valence-corrected chi connectivity index (χ4v) is 2.35. The smallest absolute Gasteiger partial charge is 0.229 e. The van der Waals surface area contributed by atoms with E-state index in [1.165, 1.54) is 4.90 Å². The van der Waals surface area contributed by atoms with Crippen LogP contribution in [0.3, 0.4) is 0 Å². The van der Waals surface area contributed by atoms with Gasteiger partial charge in [-0.15, -0.1) is 0 Å². The molecular weight excluding hydrogens is 240 g/mol. The van der Waals surface area contributed by atoms with Crippen LogP contribution in [-0.2, 0) is 9.59 Å². The number of rotatable bonds is 4. The van der Waals surface area contributed by atoms with Crippen molar-refractivity contribution in [3.8, 4) is 0 Å². The van der Waals surface area contributed by atoms with Crippen molar-refractivity contribution in [3.05, 3.63) is 35.9 Å². The monoisotopic (exact) mass is 260 g/mol. The highest BCUT2D eigenvalue weighted by Gasteiger charge is 2.24. The van der Waals surface area contributed by atoms with E-state index in [0.29, 0.717) is 25.8 Å². The van der Waals surface area contributed by atoms with Crippen LogP contribution in [0.4, 0.5) is 0 Å². The SMILES string of the molecule is NC(CCN1C(=O)CCCCC1=O)c1ccccc1. The van der Waals surface area contributed by atoms with Gasteiger partial charge in [-0.25, -0.2) is 0 Å². The van der Waals surface area contributed by atoms with E-state index in [9.17, 15) is 9.59 Å². The molecule has 0 aromatic heterocycles. The van der Waals surface area contributed by atoms with E-state index >= 15 is 0 Å². The maximum Gasteiger partial charge on any atom is 0.229 e. The van der Waals surface area contributed by atoms with Crippen LogP contribution in [0.25, 0.3) is 0 Å². The average Bonchev–Trinajstić information content (AvgIpc) is 2.59. The molecule has 1 heterocycles. The molecule has 1 aromatic carbocycles. The number of nitrogens with zero attached hydrogens (tertiary/aromatic N) is 1. The molecule has 1 atom stereocenters. The van der Waals surface area contributed by atoms with Gasteiger partial charge in [0.05, 0.1) is 0 Å². The number of amides is 2. The van der Waals surface area contributed by atoms with Crippen LogP contribution in [0.5, 0.6) is 0 Å². The Morgan fingerprint density at radius 1 is 1.05 bits per heavy atom. The number of carbonyl (C=O) groups excluding carboxylic acids is 2. The lowest BCUT2D eigenvalue weighted by Gasteiger charge is -2.21. The van der Waals surface area contributed by atoms with Crippen molar-refractivity contribution in [2.75, 3.05) is 6.54 Å². The lowest BCUT2D eigenvalue weighted by atomic mass is 10.0. The summed E-state index contributed by atoms with van der Waals surface area (Å²) in [6, 6.07) is 9.63. The summed E-state index contributed by atoms with van der Waals surface area (Å²) in [5, 5.41) is 0. The number of nitrogens with two attached hydrogens (primary N) is 1. The lowest BCUT2D eigenvalue weighted by Crippen LogP contribution is -2.37. The Bertz CT molecular complexity index is 427. The Morgan fingerprint density at radius 2 is 1.63 bits per heavy atom. The van der Waals surface area contributed by atoms with Crippen LogP contribution in [0.1, 0.15) is 43.7 Å². The molecule has 0 saturated carbocycles. The summed E-state index contributed by atoms with van der Waals surface area (Å²) in [6.45, 7) is 0.424. The predicted octanol–water partition coefficient (Wildman–Crippen LogP) is 2.01. The molecule has 4 heteroatoms. The summed E-state index contributed by atoms with van der Waals surface area (Å²) in [5.74, 6) is -0.106. The Kier molecular flexibility index (Phi) is 4.68. The Labute approximate surface area is 113 Å². The first-order valence-electron chi connectivity index (χ1n) is 6.82. The van der Waals surface area contributed by atoms with Crippen LogP contribution in [0.15, 0.2) is 30.3 Å². The highest BCUT2D eigenvalue weighted by atomic mass is 16.2. The lowest BCUT2D eigenvalue weighted by molar-refractivity contribution is -0.143. The molecule has 1 aliphatic rings. The fraction of sp³-hybridized carbons (Fsp3) is 0.467. The van der Waals surface area contributed by atoms with E-state index in [1.807, 2.05) is 30.3 Å². The van der Waals surface area contributed by atoms with Gasteiger partial charge in [-0.2, -0.15) is 0 Å². The number of imide groups is 1. The molecule has 1 fully saturated rings. The van der Waals surface area contributed by atoms with Gasteiger partial charge in [-0.3, -0.25) is 14.5 Å². The minimum atomic E-state index is -0.134. The van der Waals surface area contributed by atoms with E-state index in [0.717, 1.165) is 18.4 Å². The van der Waals surface area contributed by atoms with E-state index in [1.54, 1.807) is 0 Å². The molecule has 2 rings (SSSR count). The minimum Gasteiger partial charge on any atom is -0.324 e. The molecule has 0 bridgehead atoms. The predicted molar refractivity (Wildman–Crippen MR) is 73.2 cm³/mol. The van der Waals surface area contributed by atoms with Crippen molar-refractivity contribution in [2.45, 2.75) is 38.1 Å². The number of carbonyl (C=O) groups is 2. The second-order valence-corrected chi connectivity index (χ2v) is 4.95. The Morgan fingerprint density at radius 3 is 2.21 bits per heavy atom. The molecule has 4 nitrogen and oxygen atoms in total. The number of hydrogen-bond donors (Lipinski definition) is 1. The van der Waals surface area contributed by atoms with Crippen LogP contribution in [-0.4, -0.2) is 23.3 Å². The summed E-state index contributed by atoms with van der Waals surface area (Å²) >= 11 is 0. The van der Waals surface area contributed by atoms with E-state index < -0.39 is 0 Å². The van der Waals surface area contributed by atoms with Crippen molar-refractivity contribution in [2.24, 2.45) is 5.73 Å². The number of hydrogen-bond acceptors (Lipinski definition) is 3. The zero-order valence-corrected chi connectivity index (χ0v) is 11.0. The van der Waals surface area contributed by atoms with Crippen LogP contribution in [0.2, 0.25) is 0 Å². The minimum absolute atomic E-state index is 0.0530. The van der Waals surface area contributed by atoms with Crippen LogP contribution in [0, 0.1) is 0 Å². The molecule has 1 aromatic rings. The highest BCUT2D eigenvalue weighted by Crippen LogP contribution is 2.17. The molecule has 2 amide bonds. The topological polar surface area (TPSA) is 63.4 Å². The maximum atomic E-state index is 11.8. The summed E-state index contributed by atoms with van der Waals surface area (Å²) in [7, 11) is 0. The largest absolute Gasteiger partial charge is 0.324 e. The van der Waals surface area contributed by atoms with Gasteiger partial charge < -0.3 is 5.73 Å². The van der Waals surface area contributed by atoms with Crippen molar-refractivity contribution >= 4 is 11.8 Å². The van der Waals surface area contributed by atoms with Crippen LogP contribution < -0.4 is 5.73 Å². The van der Waals surface area contributed by atoms with Gasteiger partial charge in [-0.05, 0) is 24.8 Å². The van der Waals surface area contributed by atoms with Gasteiger partial charge in [0.1, 0.15) is 0 Å². The first kappa shape index (κ1) is 13.7. The molecule has 0 radical (unpaired) electrons. The van der Waals surface area contributed by atoms with E-state index in [4.69, 9.17) is 5.73 Å². The number of benzene rings is 1. The second kappa shape index (κ2) is 6.48. The van der Waals surface area contributed by atoms with E-state index in [2.05, 4.69) is 0 Å². The maximum absolute atomic E-state index is 11.8. The zero-order chi connectivity index (χ0) is 13.7. The van der Waals surface area contributed by atoms with Gasteiger partial charge in [0.15, 0.2) is 0 Å². The normalized spacial score (nSPS) is 18.3. The van der Waals surface area contributed by atoms with Gasteiger partial charge in [0.2, 0.25) is 11.8 Å². The van der Waals surface area contributed by atoms with Crippen molar-refractivity contribution < 1.29 is 9.59 Å². The second-order valence-electron chi connectivity index (χ2n) is 4.95. The molecule has 1 unspecified atom stereocenters. The van der Waals surface area contributed by atoms with Crippen molar-refractivity contribution in [3.63, 3.8) is 0 Å². The summed E-state index contributed by atoms with van der Waals surface area (Å²) < 4.78 is 0. The van der Waals surface area contributed by atoms with Gasteiger partial charge in [0.25, 0.3) is 0 Å². The summed E-state index contributed by atoms with van der Waals surface area (Å²) in [6.07, 6.45) is 3.19. The highest BCUT2D eigenvalue weighted by molar-refractivity contribution is 5.95. The summed E-state index contributed by atoms with van der Waals surface area (Å²) in [5.41, 5.74) is 7.13. The molecule has 19 heavy (non-hydrogen) atoms. The van der Waals surface area contributed by atoms with Crippen molar-refractivity contribution in [1.82, 2.24) is 4.90 Å². The third-order valence-corrected chi connectivity index (χ3v) is 3.52. The standard InChI is InChI=1S/C15H20N2O2/c16-13(12-6-2-1-3-7-12)10-11-17-14(18)8-4-5-9-15(17)19/h1-3,6-7,13H,4-5,8-11,16H2. The third-order valence-electron chi connectivity index (χ3n) is 3.52. The van der Waals surface area contributed by atoms with Gasteiger partial charge in [-0.1, -0.05) is 30.3 Å². The zero-order valence-electron chi connectivity index (χ0n) is 11.0. The van der Waals surface area contributed by atoms with Crippen LogP contribution >= 0.6 is 0 Å². The first-order valence-corrected chi connectivity index (χ1v) is 6.82. The average molecular weight is 260 g/mol. The Balaban J connectivity index is 1.93. The Hall–Kier alpha value is -1.68. The number of likely N-dealkylation sites (tertiary alicyclic amines) is 1. The molecular formula is C15H20N2O2. The van der Waals surface area contributed by atoms with Crippen molar-refractivity contribution in [1.29, 1.82) is 0 Å².